The number of nitriles is 1. The molecule has 0 aliphatic carbocycles. The van der Waals surface area contributed by atoms with E-state index >= 15 is 0 Å². The van der Waals surface area contributed by atoms with E-state index in [-0.39, 0.29) is 17.6 Å². The maximum Gasteiger partial charge on any atom is 0.290 e. The molecular weight excluding hydrogens is 397 g/mol. The highest BCUT2D eigenvalue weighted by Crippen LogP contribution is 2.29. The largest absolute Gasteiger partial charge is 0.451 e. The lowest BCUT2D eigenvalue weighted by atomic mass is 10.1. The van der Waals surface area contributed by atoms with Crippen LogP contribution in [0.1, 0.15) is 35.5 Å². The normalized spacial score (nSPS) is 14.3. The Labute approximate surface area is 180 Å². The smallest absolute Gasteiger partial charge is 0.290 e. The highest BCUT2D eigenvalue weighted by Gasteiger charge is 2.29. The van der Waals surface area contributed by atoms with Gasteiger partial charge in [0.2, 0.25) is 0 Å². The van der Waals surface area contributed by atoms with Gasteiger partial charge in [-0.1, -0.05) is 18.2 Å². The number of carbonyl (C=O) groups is 1. The Hall–Kier alpha value is -3.37. The minimum absolute atomic E-state index is 0.0301. The van der Waals surface area contributed by atoms with Crippen LogP contribution >= 0.6 is 0 Å². The van der Waals surface area contributed by atoms with Crippen LogP contribution in [0.15, 0.2) is 46.9 Å². The van der Waals surface area contributed by atoms with Crippen LogP contribution in [0.2, 0.25) is 0 Å². The number of benzene rings is 2. The van der Waals surface area contributed by atoms with E-state index < -0.39 is 5.82 Å². The van der Waals surface area contributed by atoms with E-state index in [4.69, 9.17) is 14.4 Å². The Morgan fingerprint density at radius 1 is 1.19 bits per heavy atom. The Balaban J connectivity index is 1.52. The number of amides is 1. The number of hydrogen-bond acceptors (Lipinski definition) is 5. The van der Waals surface area contributed by atoms with Crippen LogP contribution in [-0.4, -0.2) is 43.1 Å². The van der Waals surface area contributed by atoms with Gasteiger partial charge in [0.1, 0.15) is 11.4 Å². The van der Waals surface area contributed by atoms with Crippen molar-refractivity contribution in [3.05, 3.63) is 65.2 Å². The molecular formula is C24H24FN3O3. The summed E-state index contributed by atoms with van der Waals surface area (Å²) >= 11 is 0. The topological polar surface area (TPSA) is 69.7 Å². The van der Waals surface area contributed by atoms with Crippen LogP contribution in [0.3, 0.4) is 0 Å². The van der Waals surface area contributed by atoms with Gasteiger partial charge in [-0.3, -0.25) is 4.79 Å². The lowest BCUT2D eigenvalue weighted by Gasteiger charge is -2.36. The van der Waals surface area contributed by atoms with Crippen molar-refractivity contribution in [2.75, 3.05) is 31.1 Å². The molecule has 0 atom stereocenters. The standard InChI is InChI=1S/C24H24FN3O3/c1-16(2)30-15-19-18-5-3-4-6-22(18)31-23(19)24(29)28-11-9-27(10-12-28)21-8-7-17(14-26)13-20(21)25/h3-8,13,16H,9-12,15H2,1-2H3. The number of anilines is 1. The first kappa shape index (κ1) is 20.9. The first-order valence-corrected chi connectivity index (χ1v) is 10.3. The van der Waals surface area contributed by atoms with Crippen molar-refractivity contribution >= 4 is 22.6 Å². The Bertz CT molecular complexity index is 1140. The van der Waals surface area contributed by atoms with Crippen molar-refractivity contribution in [2.45, 2.75) is 26.6 Å². The van der Waals surface area contributed by atoms with Crippen molar-refractivity contribution in [2.24, 2.45) is 0 Å². The molecule has 160 valence electrons. The molecule has 0 radical (unpaired) electrons. The van der Waals surface area contributed by atoms with E-state index in [1.807, 2.05) is 49.1 Å². The number of para-hydroxylation sites is 1. The lowest BCUT2D eigenvalue weighted by Crippen LogP contribution is -2.49. The fourth-order valence-electron chi connectivity index (χ4n) is 3.79. The van der Waals surface area contributed by atoms with E-state index in [1.54, 1.807) is 17.0 Å². The fraction of sp³-hybridized carbons (Fsp3) is 0.333. The molecule has 7 heteroatoms. The number of rotatable bonds is 5. The van der Waals surface area contributed by atoms with Crippen LogP contribution in [0.4, 0.5) is 10.1 Å². The molecule has 0 unspecified atom stereocenters. The molecule has 2 heterocycles. The van der Waals surface area contributed by atoms with E-state index in [0.717, 1.165) is 10.9 Å². The molecule has 1 aromatic heterocycles. The zero-order valence-electron chi connectivity index (χ0n) is 17.6. The van der Waals surface area contributed by atoms with Crippen LogP contribution in [0.5, 0.6) is 0 Å². The van der Waals surface area contributed by atoms with E-state index in [1.165, 1.54) is 6.07 Å². The van der Waals surface area contributed by atoms with Crippen LogP contribution in [0, 0.1) is 17.1 Å². The van der Waals surface area contributed by atoms with Gasteiger partial charge in [-0.05, 0) is 38.1 Å². The molecule has 4 rings (SSSR count). The minimum atomic E-state index is -0.427. The summed E-state index contributed by atoms with van der Waals surface area (Å²) in [4.78, 5) is 16.9. The highest BCUT2D eigenvalue weighted by atomic mass is 19.1. The second kappa shape index (κ2) is 8.78. The average molecular weight is 421 g/mol. The number of nitrogens with zero attached hydrogens (tertiary/aromatic N) is 3. The second-order valence-corrected chi connectivity index (χ2v) is 7.82. The molecule has 3 aromatic rings. The molecule has 1 aliphatic rings. The van der Waals surface area contributed by atoms with Gasteiger partial charge >= 0.3 is 0 Å². The average Bonchev–Trinajstić information content (AvgIpc) is 3.15. The number of piperazine rings is 1. The predicted molar refractivity (Wildman–Crippen MR) is 115 cm³/mol. The molecule has 0 bridgehead atoms. The van der Waals surface area contributed by atoms with Gasteiger partial charge in [-0.2, -0.15) is 5.26 Å². The van der Waals surface area contributed by atoms with Gasteiger partial charge in [-0.25, -0.2) is 4.39 Å². The number of ether oxygens (including phenoxy) is 1. The molecule has 0 N–H and O–H groups in total. The molecule has 31 heavy (non-hydrogen) atoms. The van der Waals surface area contributed by atoms with E-state index in [0.29, 0.717) is 49.8 Å². The maximum atomic E-state index is 14.4. The summed E-state index contributed by atoms with van der Waals surface area (Å²) in [5, 5.41) is 9.80. The number of carbonyl (C=O) groups excluding carboxylic acids is 1. The number of halogens is 1. The number of furan rings is 1. The van der Waals surface area contributed by atoms with Crippen molar-refractivity contribution in [3.63, 3.8) is 0 Å². The summed E-state index contributed by atoms with van der Waals surface area (Å²) in [6.07, 6.45) is 0.0301. The van der Waals surface area contributed by atoms with E-state index in [2.05, 4.69) is 0 Å². The van der Waals surface area contributed by atoms with Crippen LogP contribution in [0.25, 0.3) is 11.0 Å². The molecule has 1 fully saturated rings. The first-order valence-electron chi connectivity index (χ1n) is 10.3. The number of hydrogen-bond donors (Lipinski definition) is 0. The summed E-state index contributed by atoms with van der Waals surface area (Å²) < 4.78 is 26.1. The molecule has 0 saturated carbocycles. The Morgan fingerprint density at radius 2 is 1.94 bits per heavy atom. The van der Waals surface area contributed by atoms with Gasteiger partial charge < -0.3 is 19.0 Å². The third kappa shape index (κ3) is 4.25. The van der Waals surface area contributed by atoms with Gasteiger partial charge in [0.25, 0.3) is 5.91 Å². The zero-order chi connectivity index (χ0) is 22.0. The molecule has 6 nitrogen and oxygen atoms in total. The number of fused-ring (bicyclic) bond motifs is 1. The summed E-state index contributed by atoms with van der Waals surface area (Å²) in [7, 11) is 0. The van der Waals surface area contributed by atoms with Gasteiger partial charge in [-0.15, -0.1) is 0 Å². The molecule has 0 spiro atoms. The molecule has 2 aromatic carbocycles. The quantitative estimate of drug-likeness (QED) is 0.613. The van der Waals surface area contributed by atoms with Gasteiger partial charge in [0.15, 0.2) is 5.76 Å². The van der Waals surface area contributed by atoms with Crippen LogP contribution in [-0.2, 0) is 11.3 Å². The highest BCUT2D eigenvalue weighted by molar-refractivity contribution is 5.99. The van der Waals surface area contributed by atoms with E-state index in [9.17, 15) is 9.18 Å². The fourth-order valence-corrected chi connectivity index (χ4v) is 3.79. The summed E-state index contributed by atoms with van der Waals surface area (Å²) in [6.45, 7) is 6.07. The third-order valence-electron chi connectivity index (χ3n) is 5.44. The van der Waals surface area contributed by atoms with Gasteiger partial charge in [0, 0.05) is 37.1 Å². The molecule has 1 aliphatic heterocycles. The van der Waals surface area contributed by atoms with Crippen molar-refractivity contribution in [1.82, 2.24) is 4.90 Å². The second-order valence-electron chi connectivity index (χ2n) is 7.82. The SMILES string of the molecule is CC(C)OCc1c(C(=O)N2CCN(c3ccc(C#N)cc3F)CC2)oc2ccccc12. The van der Waals surface area contributed by atoms with Crippen molar-refractivity contribution in [3.8, 4) is 6.07 Å². The molecule has 1 amide bonds. The third-order valence-corrected chi connectivity index (χ3v) is 5.44. The van der Waals surface area contributed by atoms with Gasteiger partial charge in [0.05, 0.1) is 30.0 Å². The minimum Gasteiger partial charge on any atom is -0.451 e. The van der Waals surface area contributed by atoms with Crippen molar-refractivity contribution < 1.29 is 18.3 Å². The zero-order valence-corrected chi connectivity index (χ0v) is 17.6. The summed E-state index contributed by atoms with van der Waals surface area (Å²) in [6, 6.07) is 14.0. The van der Waals surface area contributed by atoms with Crippen LogP contribution < -0.4 is 4.90 Å². The Morgan fingerprint density at radius 3 is 2.61 bits per heavy atom. The lowest BCUT2D eigenvalue weighted by molar-refractivity contribution is 0.0609. The molecule has 1 saturated heterocycles. The maximum absolute atomic E-state index is 14.4. The predicted octanol–water partition coefficient (Wildman–Crippen LogP) is 4.33. The summed E-state index contributed by atoms with van der Waals surface area (Å²) in [5.41, 5.74) is 2.15. The van der Waals surface area contributed by atoms with Crippen molar-refractivity contribution in [1.29, 1.82) is 5.26 Å². The summed E-state index contributed by atoms with van der Waals surface area (Å²) in [5.74, 6) is -0.303. The monoisotopic (exact) mass is 421 g/mol. The first-order chi connectivity index (χ1) is 15.0. The Kier molecular flexibility index (Phi) is 5.92.